The van der Waals surface area contributed by atoms with Crippen LogP contribution in [0.5, 0.6) is 0 Å². The van der Waals surface area contributed by atoms with Gasteiger partial charge in [-0.2, -0.15) is 0 Å². The number of ketones is 1. The van der Waals surface area contributed by atoms with Crippen molar-refractivity contribution in [3.63, 3.8) is 0 Å². The summed E-state index contributed by atoms with van der Waals surface area (Å²) >= 11 is 0. The molecule has 0 aliphatic carbocycles. The quantitative estimate of drug-likeness (QED) is 0.490. The van der Waals surface area contributed by atoms with Gasteiger partial charge in [-0.1, -0.05) is 78.9 Å². The zero-order valence-corrected chi connectivity index (χ0v) is 13.2. The van der Waals surface area contributed by atoms with Crippen molar-refractivity contribution in [3.8, 4) is 0 Å². The molecule has 2 nitrogen and oxygen atoms in total. The molecule has 0 aliphatic rings. The summed E-state index contributed by atoms with van der Waals surface area (Å²) in [5.41, 5.74) is 3.71. The fourth-order valence-corrected chi connectivity index (χ4v) is 3.07. The predicted molar refractivity (Wildman–Crippen MR) is 97.4 cm³/mol. The van der Waals surface area contributed by atoms with E-state index < -0.39 is 0 Å². The number of hydrogen-bond donors (Lipinski definition) is 0. The lowest BCUT2D eigenvalue weighted by Gasteiger charge is -2.10. The molecular weight excluding hydrogens is 294 g/mol. The van der Waals surface area contributed by atoms with Crippen molar-refractivity contribution in [2.75, 3.05) is 0 Å². The molecule has 116 valence electrons. The molecule has 0 bridgehead atoms. The number of aromatic nitrogens is 1. The Labute approximate surface area is 141 Å². The highest BCUT2D eigenvalue weighted by atomic mass is 16.1. The molecule has 0 radical (unpaired) electrons. The van der Waals surface area contributed by atoms with Crippen molar-refractivity contribution >= 4 is 16.7 Å². The Morgan fingerprint density at radius 3 is 2.12 bits per heavy atom. The molecule has 4 aromatic rings. The molecule has 0 aliphatic heterocycles. The minimum Gasteiger partial charge on any atom is -0.333 e. The minimum absolute atomic E-state index is 0.0581. The molecule has 0 N–H and O–H groups in total. The highest BCUT2D eigenvalue weighted by Crippen LogP contribution is 2.23. The normalized spacial score (nSPS) is 10.8. The highest BCUT2D eigenvalue weighted by Gasteiger charge is 2.17. The largest absolute Gasteiger partial charge is 0.333 e. The number of para-hydroxylation sites is 1. The molecule has 4 rings (SSSR count). The maximum Gasteiger partial charge on any atom is 0.209 e. The summed E-state index contributed by atoms with van der Waals surface area (Å²) in [7, 11) is 0. The van der Waals surface area contributed by atoms with E-state index in [-0.39, 0.29) is 5.78 Å². The Kier molecular flexibility index (Phi) is 3.72. The van der Waals surface area contributed by atoms with Crippen LogP contribution in [0.2, 0.25) is 0 Å². The maximum absolute atomic E-state index is 13.0. The average molecular weight is 311 g/mol. The molecule has 0 saturated heterocycles. The van der Waals surface area contributed by atoms with Gasteiger partial charge in [0.15, 0.2) is 0 Å². The van der Waals surface area contributed by atoms with Crippen LogP contribution in [-0.2, 0) is 6.54 Å². The molecule has 0 amide bonds. The van der Waals surface area contributed by atoms with Crippen molar-refractivity contribution in [3.05, 3.63) is 108 Å². The summed E-state index contributed by atoms with van der Waals surface area (Å²) in [4.78, 5) is 13.0. The number of carbonyl (C=O) groups excluding carboxylic acids is 1. The van der Waals surface area contributed by atoms with E-state index in [0.29, 0.717) is 6.54 Å². The van der Waals surface area contributed by atoms with Crippen molar-refractivity contribution in [2.45, 2.75) is 6.54 Å². The van der Waals surface area contributed by atoms with Gasteiger partial charge >= 0.3 is 0 Å². The van der Waals surface area contributed by atoms with Crippen molar-refractivity contribution in [2.24, 2.45) is 0 Å². The number of carbonyl (C=O) groups is 1. The summed E-state index contributed by atoms with van der Waals surface area (Å²) in [6, 6.07) is 29.8. The van der Waals surface area contributed by atoms with Crippen molar-refractivity contribution in [1.82, 2.24) is 4.57 Å². The zero-order chi connectivity index (χ0) is 16.4. The molecule has 0 unspecified atom stereocenters. The lowest BCUT2D eigenvalue weighted by Crippen LogP contribution is -2.11. The van der Waals surface area contributed by atoms with Crippen LogP contribution >= 0.6 is 0 Å². The van der Waals surface area contributed by atoms with Gasteiger partial charge in [-0.25, -0.2) is 0 Å². The average Bonchev–Trinajstić information content (AvgIpc) is 3.01. The predicted octanol–water partition coefficient (Wildman–Crippen LogP) is 4.92. The van der Waals surface area contributed by atoms with Gasteiger partial charge in [-0.3, -0.25) is 4.79 Å². The number of hydrogen-bond acceptors (Lipinski definition) is 1. The van der Waals surface area contributed by atoms with E-state index in [1.54, 1.807) is 0 Å². The van der Waals surface area contributed by atoms with Crippen LogP contribution in [0.4, 0.5) is 0 Å². The van der Waals surface area contributed by atoms with Crippen LogP contribution in [-0.4, -0.2) is 10.4 Å². The Morgan fingerprint density at radius 1 is 0.750 bits per heavy atom. The Bertz CT molecular complexity index is 984. The SMILES string of the molecule is O=C(c1ccccc1)c1cc2ccccc2n1Cc1ccccc1. The summed E-state index contributed by atoms with van der Waals surface area (Å²) in [6.07, 6.45) is 0. The van der Waals surface area contributed by atoms with Crippen LogP contribution in [0, 0.1) is 0 Å². The monoisotopic (exact) mass is 311 g/mol. The lowest BCUT2D eigenvalue weighted by atomic mass is 10.1. The second-order valence-electron chi connectivity index (χ2n) is 5.86. The van der Waals surface area contributed by atoms with Gasteiger partial charge in [-0.15, -0.1) is 0 Å². The zero-order valence-electron chi connectivity index (χ0n) is 13.2. The molecule has 2 heteroatoms. The fourth-order valence-electron chi connectivity index (χ4n) is 3.07. The molecule has 0 fully saturated rings. The van der Waals surface area contributed by atoms with Gasteiger partial charge < -0.3 is 4.57 Å². The summed E-state index contributed by atoms with van der Waals surface area (Å²) in [6.45, 7) is 0.683. The number of benzene rings is 3. The smallest absolute Gasteiger partial charge is 0.209 e. The first-order chi connectivity index (χ1) is 11.8. The van der Waals surface area contributed by atoms with Crippen LogP contribution in [0.3, 0.4) is 0 Å². The standard InChI is InChI=1S/C22H17NO/c24-22(18-11-5-2-6-12-18)21-15-19-13-7-8-14-20(19)23(21)16-17-9-3-1-4-10-17/h1-15H,16H2. The van der Waals surface area contributed by atoms with E-state index >= 15 is 0 Å². The van der Waals surface area contributed by atoms with E-state index in [1.165, 1.54) is 5.56 Å². The molecule has 1 aromatic heterocycles. The summed E-state index contributed by atoms with van der Waals surface area (Å²) < 4.78 is 2.11. The van der Waals surface area contributed by atoms with Gasteiger partial charge in [0.05, 0.1) is 5.69 Å². The van der Waals surface area contributed by atoms with Crippen LogP contribution in [0.15, 0.2) is 91.0 Å². The van der Waals surface area contributed by atoms with Crippen LogP contribution in [0.25, 0.3) is 10.9 Å². The van der Waals surface area contributed by atoms with E-state index in [0.717, 1.165) is 22.2 Å². The minimum atomic E-state index is 0.0581. The van der Waals surface area contributed by atoms with Gasteiger partial charge in [0.2, 0.25) is 5.78 Å². The molecule has 3 aromatic carbocycles. The molecular formula is C22H17NO. The Balaban J connectivity index is 1.85. The molecule has 0 saturated carbocycles. The molecule has 0 atom stereocenters. The first-order valence-corrected chi connectivity index (χ1v) is 8.05. The van der Waals surface area contributed by atoms with Crippen molar-refractivity contribution < 1.29 is 4.79 Å². The third-order valence-electron chi connectivity index (χ3n) is 4.26. The lowest BCUT2D eigenvalue weighted by molar-refractivity contribution is 0.103. The van der Waals surface area contributed by atoms with Crippen LogP contribution < -0.4 is 0 Å². The van der Waals surface area contributed by atoms with Gasteiger partial charge in [0.1, 0.15) is 0 Å². The summed E-state index contributed by atoms with van der Waals surface area (Å²) in [5.74, 6) is 0.0581. The van der Waals surface area contributed by atoms with Crippen molar-refractivity contribution in [1.29, 1.82) is 0 Å². The Hall–Kier alpha value is -3.13. The first kappa shape index (κ1) is 14.5. The van der Waals surface area contributed by atoms with Gasteiger partial charge in [-0.05, 0) is 17.7 Å². The Morgan fingerprint density at radius 2 is 1.38 bits per heavy atom. The van der Waals surface area contributed by atoms with Crippen LogP contribution in [0.1, 0.15) is 21.6 Å². The van der Waals surface area contributed by atoms with E-state index in [9.17, 15) is 4.79 Å². The number of fused-ring (bicyclic) bond motifs is 1. The second kappa shape index (κ2) is 6.17. The first-order valence-electron chi connectivity index (χ1n) is 8.05. The molecule has 1 heterocycles. The third kappa shape index (κ3) is 2.63. The maximum atomic E-state index is 13.0. The van der Waals surface area contributed by atoms with Gasteiger partial charge in [0, 0.05) is 23.0 Å². The molecule has 0 spiro atoms. The van der Waals surface area contributed by atoms with Gasteiger partial charge in [0.25, 0.3) is 0 Å². The number of rotatable bonds is 4. The second-order valence-corrected chi connectivity index (χ2v) is 5.86. The molecule has 24 heavy (non-hydrogen) atoms. The number of nitrogens with zero attached hydrogens (tertiary/aromatic N) is 1. The third-order valence-corrected chi connectivity index (χ3v) is 4.26. The highest BCUT2D eigenvalue weighted by molar-refractivity contribution is 6.10. The summed E-state index contributed by atoms with van der Waals surface area (Å²) in [5, 5.41) is 1.09. The van der Waals surface area contributed by atoms with E-state index in [4.69, 9.17) is 0 Å². The topological polar surface area (TPSA) is 22.0 Å². The van der Waals surface area contributed by atoms with E-state index in [1.807, 2.05) is 66.7 Å². The van der Waals surface area contributed by atoms with E-state index in [2.05, 4.69) is 28.8 Å². The fraction of sp³-hybridized carbons (Fsp3) is 0.0455.